The average Bonchev–Trinajstić information content (AvgIpc) is 1.94. The molecule has 0 saturated heterocycles. The Balaban J connectivity index is 3.09. The van der Waals surface area contributed by atoms with Crippen molar-refractivity contribution < 1.29 is 9.13 Å². The van der Waals surface area contributed by atoms with Gasteiger partial charge in [0.2, 0.25) is 0 Å². The lowest BCUT2D eigenvalue weighted by molar-refractivity contribution is 0.401. The highest BCUT2D eigenvalue weighted by Gasteiger charge is 1.98. The van der Waals surface area contributed by atoms with E-state index in [2.05, 4.69) is 12.6 Å². The van der Waals surface area contributed by atoms with Crippen molar-refractivity contribution in [3.05, 3.63) is 24.0 Å². The minimum atomic E-state index is -0.311. The highest BCUT2D eigenvalue weighted by Crippen LogP contribution is 2.22. The van der Waals surface area contributed by atoms with Crippen LogP contribution in [0.4, 0.5) is 4.39 Å². The molecule has 0 heterocycles. The normalized spacial score (nSPS) is 9.50. The summed E-state index contributed by atoms with van der Waals surface area (Å²) in [6.07, 6.45) is 0. The minimum absolute atomic E-state index is 0.311. The number of hydrogen-bond acceptors (Lipinski definition) is 2. The van der Waals surface area contributed by atoms with Crippen LogP contribution in [0.25, 0.3) is 0 Å². The maximum Gasteiger partial charge on any atom is 0.135 e. The number of methoxy groups -OCH3 is 1. The second-order valence-corrected chi connectivity index (χ2v) is 2.30. The molecule has 0 fully saturated rings. The zero-order valence-corrected chi connectivity index (χ0v) is 6.36. The Kier molecular flexibility index (Phi) is 2.17. The first-order valence-corrected chi connectivity index (χ1v) is 3.21. The molecule has 0 amide bonds. The van der Waals surface area contributed by atoms with Gasteiger partial charge in [0.05, 0.1) is 7.11 Å². The zero-order chi connectivity index (χ0) is 7.56. The first-order valence-electron chi connectivity index (χ1n) is 2.76. The lowest BCUT2D eigenvalue weighted by Gasteiger charge is -2.01. The number of benzene rings is 1. The third-order valence-corrected chi connectivity index (χ3v) is 1.51. The van der Waals surface area contributed by atoms with Crippen molar-refractivity contribution in [1.29, 1.82) is 0 Å². The van der Waals surface area contributed by atoms with E-state index in [1.807, 2.05) is 0 Å². The van der Waals surface area contributed by atoms with E-state index in [0.717, 1.165) is 0 Å². The fourth-order valence-corrected chi connectivity index (χ4v) is 0.882. The summed E-state index contributed by atoms with van der Waals surface area (Å²) in [6, 6.07) is 4.18. The van der Waals surface area contributed by atoms with Crippen LogP contribution in [-0.4, -0.2) is 7.11 Å². The number of rotatable bonds is 1. The van der Waals surface area contributed by atoms with Crippen molar-refractivity contribution in [2.75, 3.05) is 7.11 Å². The number of ether oxygens (including phenoxy) is 1. The maximum absolute atomic E-state index is 12.4. The standard InChI is InChI=1S/C7H7FOS/c1-9-6-4-5(8)2-3-7(6)10/h2-4,10H,1H3. The van der Waals surface area contributed by atoms with Gasteiger partial charge in [-0.05, 0) is 12.1 Å². The van der Waals surface area contributed by atoms with E-state index in [4.69, 9.17) is 4.74 Å². The van der Waals surface area contributed by atoms with Crippen LogP contribution in [0.1, 0.15) is 0 Å². The van der Waals surface area contributed by atoms with Crippen molar-refractivity contribution >= 4 is 12.6 Å². The molecule has 0 spiro atoms. The fraction of sp³-hybridized carbons (Fsp3) is 0.143. The Morgan fingerprint density at radius 1 is 1.50 bits per heavy atom. The Labute approximate surface area is 64.2 Å². The van der Waals surface area contributed by atoms with Gasteiger partial charge in [-0.25, -0.2) is 4.39 Å². The molecule has 0 bridgehead atoms. The second kappa shape index (κ2) is 2.92. The van der Waals surface area contributed by atoms with Crippen molar-refractivity contribution in [1.82, 2.24) is 0 Å². The Bertz CT molecular complexity index is 237. The summed E-state index contributed by atoms with van der Waals surface area (Å²) in [7, 11) is 1.48. The highest BCUT2D eigenvalue weighted by molar-refractivity contribution is 7.80. The van der Waals surface area contributed by atoms with Gasteiger partial charge in [0.1, 0.15) is 11.6 Å². The van der Waals surface area contributed by atoms with E-state index in [9.17, 15) is 4.39 Å². The molecule has 0 radical (unpaired) electrons. The summed E-state index contributed by atoms with van der Waals surface area (Å²) < 4.78 is 17.2. The first-order chi connectivity index (χ1) is 4.74. The lowest BCUT2D eigenvalue weighted by atomic mass is 10.3. The van der Waals surface area contributed by atoms with Crippen LogP contribution >= 0.6 is 12.6 Å². The summed E-state index contributed by atoms with van der Waals surface area (Å²) in [5, 5.41) is 0. The van der Waals surface area contributed by atoms with Gasteiger partial charge in [-0.1, -0.05) is 0 Å². The fourth-order valence-electron chi connectivity index (χ4n) is 0.651. The predicted molar refractivity (Wildman–Crippen MR) is 40.2 cm³/mol. The van der Waals surface area contributed by atoms with E-state index in [1.165, 1.54) is 19.2 Å². The monoisotopic (exact) mass is 158 g/mol. The van der Waals surface area contributed by atoms with Gasteiger partial charge in [-0.3, -0.25) is 0 Å². The van der Waals surface area contributed by atoms with Crippen LogP contribution < -0.4 is 4.74 Å². The molecule has 0 atom stereocenters. The molecule has 0 saturated carbocycles. The van der Waals surface area contributed by atoms with Crippen molar-refractivity contribution in [3.63, 3.8) is 0 Å². The van der Waals surface area contributed by atoms with Crippen LogP contribution in [0.5, 0.6) is 5.75 Å². The van der Waals surface area contributed by atoms with E-state index in [1.54, 1.807) is 6.07 Å². The van der Waals surface area contributed by atoms with Gasteiger partial charge in [0.15, 0.2) is 0 Å². The summed E-state index contributed by atoms with van der Waals surface area (Å²) in [4.78, 5) is 0.643. The van der Waals surface area contributed by atoms with Crippen LogP contribution in [0.15, 0.2) is 23.1 Å². The molecule has 1 rings (SSSR count). The third kappa shape index (κ3) is 1.42. The number of halogens is 1. The molecule has 0 aromatic heterocycles. The molecular formula is C7H7FOS. The maximum atomic E-state index is 12.4. The average molecular weight is 158 g/mol. The molecule has 0 aliphatic rings. The highest BCUT2D eigenvalue weighted by atomic mass is 32.1. The Morgan fingerprint density at radius 2 is 2.20 bits per heavy atom. The van der Waals surface area contributed by atoms with E-state index < -0.39 is 0 Å². The molecule has 0 aliphatic carbocycles. The van der Waals surface area contributed by atoms with E-state index in [0.29, 0.717) is 10.6 Å². The zero-order valence-electron chi connectivity index (χ0n) is 5.47. The van der Waals surface area contributed by atoms with Crippen LogP contribution in [0.3, 0.4) is 0 Å². The summed E-state index contributed by atoms with van der Waals surface area (Å²) in [6.45, 7) is 0. The number of thiol groups is 1. The Hall–Kier alpha value is -0.700. The third-order valence-electron chi connectivity index (χ3n) is 1.14. The molecule has 1 nitrogen and oxygen atoms in total. The van der Waals surface area contributed by atoms with Crippen molar-refractivity contribution in [2.24, 2.45) is 0 Å². The first kappa shape index (κ1) is 7.41. The topological polar surface area (TPSA) is 9.23 Å². The molecule has 10 heavy (non-hydrogen) atoms. The van der Waals surface area contributed by atoms with E-state index >= 15 is 0 Å². The van der Waals surface area contributed by atoms with Gasteiger partial charge < -0.3 is 4.74 Å². The van der Waals surface area contributed by atoms with E-state index in [-0.39, 0.29) is 5.82 Å². The second-order valence-electron chi connectivity index (χ2n) is 1.82. The number of hydrogen-bond donors (Lipinski definition) is 1. The van der Waals surface area contributed by atoms with Crippen LogP contribution in [0, 0.1) is 5.82 Å². The lowest BCUT2D eigenvalue weighted by Crippen LogP contribution is -1.85. The predicted octanol–water partition coefficient (Wildman–Crippen LogP) is 2.12. The molecular weight excluding hydrogens is 151 g/mol. The Morgan fingerprint density at radius 3 is 2.70 bits per heavy atom. The summed E-state index contributed by atoms with van der Waals surface area (Å²) in [5.41, 5.74) is 0. The SMILES string of the molecule is COc1cc(F)ccc1S. The van der Waals surface area contributed by atoms with Gasteiger partial charge in [0, 0.05) is 11.0 Å². The molecule has 0 unspecified atom stereocenters. The molecule has 54 valence electrons. The molecule has 0 aliphatic heterocycles. The van der Waals surface area contributed by atoms with Gasteiger partial charge in [-0.15, -0.1) is 12.6 Å². The van der Waals surface area contributed by atoms with Gasteiger partial charge in [0.25, 0.3) is 0 Å². The van der Waals surface area contributed by atoms with Gasteiger partial charge in [-0.2, -0.15) is 0 Å². The van der Waals surface area contributed by atoms with Gasteiger partial charge >= 0.3 is 0 Å². The quantitative estimate of drug-likeness (QED) is 0.616. The van der Waals surface area contributed by atoms with Crippen molar-refractivity contribution in [2.45, 2.75) is 4.90 Å². The molecule has 3 heteroatoms. The molecule has 1 aromatic carbocycles. The summed E-state index contributed by atoms with van der Waals surface area (Å²) >= 11 is 4.03. The molecule has 1 aromatic rings. The molecule has 0 N–H and O–H groups in total. The van der Waals surface area contributed by atoms with Crippen LogP contribution in [-0.2, 0) is 0 Å². The summed E-state index contributed by atoms with van der Waals surface area (Å²) in [5.74, 6) is 0.151. The smallest absolute Gasteiger partial charge is 0.135 e. The largest absolute Gasteiger partial charge is 0.495 e. The van der Waals surface area contributed by atoms with Crippen molar-refractivity contribution in [3.8, 4) is 5.75 Å². The van der Waals surface area contributed by atoms with Crippen LogP contribution in [0.2, 0.25) is 0 Å². The minimum Gasteiger partial charge on any atom is -0.495 e.